The summed E-state index contributed by atoms with van der Waals surface area (Å²) in [6, 6.07) is 7.99. The second-order valence-electron chi connectivity index (χ2n) is 7.40. The molecule has 8 heteroatoms. The van der Waals surface area contributed by atoms with Gasteiger partial charge in [0.05, 0.1) is 12.2 Å². The Morgan fingerprint density at radius 1 is 1.25 bits per heavy atom. The molecule has 1 fully saturated rings. The van der Waals surface area contributed by atoms with Gasteiger partial charge in [-0.2, -0.15) is 0 Å². The van der Waals surface area contributed by atoms with Gasteiger partial charge < -0.3 is 10.2 Å². The van der Waals surface area contributed by atoms with Crippen LogP contribution in [0.3, 0.4) is 0 Å². The number of anilines is 1. The summed E-state index contributed by atoms with van der Waals surface area (Å²) in [5.41, 5.74) is 2.08. The molecule has 0 spiro atoms. The van der Waals surface area contributed by atoms with Crippen LogP contribution < -0.4 is 10.2 Å². The molecule has 1 N–H and O–H groups in total. The molecular formula is C20H31N3O4S. The van der Waals surface area contributed by atoms with Gasteiger partial charge in [-0.15, -0.1) is 0 Å². The van der Waals surface area contributed by atoms with Gasteiger partial charge in [0.1, 0.15) is 0 Å². The molecule has 28 heavy (non-hydrogen) atoms. The summed E-state index contributed by atoms with van der Waals surface area (Å²) in [6.07, 6.45) is 5.20. The molecule has 1 aromatic rings. The molecule has 2 amide bonds. The maximum absolute atomic E-state index is 12.4. The number of carbonyl (C=O) groups is 2. The zero-order valence-electron chi connectivity index (χ0n) is 17.0. The first-order chi connectivity index (χ1) is 13.2. The van der Waals surface area contributed by atoms with Crippen LogP contribution in [0.2, 0.25) is 0 Å². The summed E-state index contributed by atoms with van der Waals surface area (Å²) in [5, 5.41) is 2.82. The smallest absolute Gasteiger partial charge is 0.227 e. The number of hydrogen-bond donors (Lipinski definition) is 1. The number of amides is 2. The first kappa shape index (κ1) is 22.4. The summed E-state index contributed by atoms with van der Waals surface area (Å²) in [4.78, 5) is 26.4. The fourth-order valence-corrected chi connectivity index (χ4v) is 3.64. The monoisotopic (exact) mass is 409 g/mol. The van der Waals surface area contributed by atoms with Crippen LogP contribution in [-0.4, -0.2) is 57.5 Å². The van der Waals surface area contributed by atoms with Gasteiger partial charge >= 0.3 is 0 Å². The van der Waals surface area contributed by atoms with Gasteiger partial charge in [0.15, 0.2) is 0 Å². The van der Waals surface area contributed by atoms with E-state index in [1.807, 2.05) is 24.3 Å². The summed E-state index contributed by atoms with van der Waals surface area (Å²) in [7, 11) is -1.69. The van der Waals surface area contributed by atoms with E-state index in [9.17, 15) is 18.0 Å². The van der Waals surface area contributed by atoms with Crippen molar-refractivity contribution in [2.45, 2.75) is 39.0 Å². The highest BCUT2D eigenvalue weighted by atomic mass is 32.2. The van der Waals surface area contributed by atoms with E-state index < -0.39 is 10.0 Å². The molecule has 0 bridgehead atoms. The van der Waals surface area contributed by atoms with E-state index in [0.717, 1.165) is 31.2 Å². The van der Waals surface area contributed by atoms with E-state index in [2.05, 4.69) is 12.2 Å². The molecule has 0 radical (unpaired) electrons. The van der Waals surface area contributed by atoms with Gasteiger partial charge in [0, 0.05) is 38.8 Å². The number of aryl methyl sites for hydroxylation is 1. The van der Waals surface area contributed by atoms with E-state index in [4.69, 9.17) is 0 Å². The Morgan fingerprint density at radius 2 is 1.93 bits per heavy atom. The summed E-state index contributed by atoms with van der Waals surface area (Å²) in [5.74, 6) is -0.574. The van der Waals surface area contributed by atoms with E-state index in [0.29, 0.717) is 26.1 Å². The second kappa shape index (κ2) is 10.0. The van der Waals surface area contributed by atoms with Crippen molar-refractivity contribution < 1.29 is 18.0 Å². The average Bonchev–Trinajstić information content (AvgIpc) is 3.04. The molecule has 0 aromatic heterocycles. The largest absolute Gasteiger partial charge is 0.356 e. The number of carbonyl (C=O) groups excluding carboxylic acids is 2. The topological polar surface area (TPSA) is 86.8 Å². The highest BCUT2D eigenvalue weighted by Gasteiger charge is 2.34. The van der Waals surface area contributed by atoms with Crippen molar-refractivity contribution in [3.05, 3.63) is 29.8 Å². The van der Waals surface area contributed by atoms with Crippen LogP contribution in [0.5, 0.6) is 0 Å². The standard InChI is InChI=1S/C20H31N3O4S/c1-4-5-7-16-8-10-18(11-9-16)23-15-17(14-19(23)24)20(25)21-12-6-13-22(2)28(3,26)27/h8-11,17H,4-7,12-15H2,1-3H3,(H,21,25). The van der Waals surface area contributed by atoms with Crippen molar-refractivity contribution in [2.24, 2.45) is 5.92 Å². The molecule has 1 aromatic carbocycles. The Kier molecular flexibility index (Phi) is 8.00. The normalized spacial score (nSPS) is 17.4. The number of nitrogens with zero attached hydrogens (tertiary/aromatic N) is 2. The van der Waals surface area contributed by atoms with E-state index in [-0.39, 0.29) is 24.2 Å². The quantitative estimate of drug-likeness (QED) is 0.597. The third-order valence-electron chi connectivity index (χ3n) is 5.08. The first-order valence-electron chi connectivity index (χ1n) is 9.80. The molecule has 1 unspecified atom stereocenters. The van der Waals surface area contributed by atoms with Crippen molar-refractivity contribution in [2.75, 3.05) is 37.8 Å². The summed E-state index contributed by atoms with van der Waals surface area (Å²) in [6.45, 7) is 3.27. The number of nitrogens with one attached hydrogen (secondary N) is 1. The lowest BCUT2D eigenvalue weighted by atomic mass is 10.1. The predicted molar refractivity (Wildman–Crippen MR) is 111 cm³/mol. The molecule has 1 saturated heterocycles. The summed E-state index contributed by atoms with van der Waals surface area (Å²) < 4.78 is 23.9. The second-order valence-corrected chi connectivity index (χ2v) is 9.49. The number of benzene rings is 1. The highest BCUT2D eigenvalue weighted by Crippen LogP contribution is 2.25. The van der Waals surface area contributed by atoms with Crippen LogP contribution in [0.15, 0.2) is 24.3 Å². The van der Waals surface area contributed by atoms with Gasteiger partial charge in [-0.05, 0) is 37.0 Å². The molecular weight excluding hydrogens is 378 g/mol. The Morgan fingerprint density at radius 3 is 2.54 bits per heavy atom. The Bertz CT molecular complexity index is 777. The molecule has 1 atom stereocenters. The minimum Gasteiger partial charge on any atom is -0.356 e. The van der Waals surface area contributed by atoms with Crippen LogP contribution in [0.1, 0.15) is 38.2 Å². The summed E-state index contributed by atoms with van der Waals surface area (Å²) >= 11 is 0. The van der Waals surface area contributed by atoms with Crippen LogP contribution in [0.25, 0.3) is 0 Å². The molecule has 0 saturated carbocycles. The minimum atomic E-state index is -3.20. The zero-order chi connectivity index (χ0) is 20.7. The molecule has 1 aliphatic rings. The average molecular weight is 410 g/mol. The number of hydrogen-bond acceptors (Lipinski definition) is 4. The molecule has 7 nitrogen and oxygen atoms in total. The van der Waals surface area contributed by atoms with Crippen LogP contribution in [0.4, 0.5) is 5.69 Å². The van der Waals surface area contributed by atoms with Gasteiger partial charge in [-0.3, -0.25) is 9.59 Å². The maximum atomic E-state index is 12.4. The van der Waals surface area contributed by atoms with Crippen molar-refractivity contribution in [3.8, 4) is 0 Å². The molecule has 1 aliphatic heterocycles. The van der Waals surface area contributed by atoms with Crippen molar-refractivity contribution in [1.82, 2.24) is 9.62 Å². The van der Waals surface area contributed by atoms with Crippen LogP contribution in [0, 0.1) is 5.92 Å². The van der Waals surface area contributed by atoms with Gasteiger partial charge in [0.25, 0.3) is 0 Å². The fraction of sp³-hybridized carbons (Fsp3) is 0.600. The predicted octanol–water partition coefficient (Wildman–Crippen LogP) is 1.78. The Hall–Kier alpha value is -1.93. The van der Waals surface area contributed by atoms with E-state index in [1.165, 1.54) is 16.9 Å². The van der Waals surface area contributed by atoms with E-state index in [1.54, 1.807) is 4.90 Å². The Labute approximate surface area is 168 Å². The lowest BCUT2D eigenvalue weighted by molar-refractivity contribution is -0.126. The lowest BCUT2D eigenvalue weighted by Crippen LogP contribution is -2.35. The minimum absolute atomic E-state index is 0.0433. The highest BCUT2D eigenvalue weighted by molar-refractivity contribution is 7.88. The number of unbranched alkanes of at least 4 members (excludes halogenated alkanes) is 1. The van der Waals surface area contributed by atoms with Gasteiger partial charge in [-0.1, -0.05) is 25.5 Å². The number of rotatable bonds is 10. The lowest BCUT2D eigenvalue weighted by Gasteiger charge is -2.17. The fourth-order valence-electron chi connectivity index (χ4n) is 3.18. The van der Waals surface area contributed by atoms with Crippen LogP contribution in [-0.2, 0) is 26.0 Å². The van der Waals surface area contributed by atoms with Gasteiger partial charge in [0.2, 0.25) is 21.8 Å². The molecule has 0 aliphatic carbocycles. The zero-order valence-corrected chi connectivity index (χ0v) is 17.8. The van der Waals surface area contributed by atoms with E-state index >= 15 is 0 Å². The first-order valence-corrected chi connectivity index (χ1v) is 11.7. The van der Waals surface area contributed by atoms with Crippen molar-refractivity contribution in [1.29, 1.82) is 0 Å². The third-order valence-corrected chi connectivity index (χ3v) is 6.39. The van der Waals surface area contributed by atoms with Crippen LogP contribution >= 0.6 is 0 Å². The van der Waals surface area contributed by atoms with Crippen molar-refractivity contribution >= 4 is 27.5 Å². The molecule has 2 rings (SSSR count). The Balaban J connectivity index is 1.82. The molecule has 156 valence electrons. The van der Waals surface area contributed by atoms with Gasteiger partial charge in [-0.25, -0.2) is 12.7 Å². The molecule has 1 heterocycles. The number of sulfonamides is 1. The maximum Gasteiger partial charge on any atom is 0.227 e. The van der Waals surface area contributed by atoms with Crippen molar-refractivity contribution in [3.63, 3.8) is 0 Å². The third kappa shape index (κ3) is 6.31. The SMILES string of the molecule is CCCCc1ccc(N2CC(C(=O)NCCCN(C)S(C)(=O)=O)CC2=O)cc1.